The normalized spacial score (nSPS) is 11.8. The van der Waals surface area contributed by atoms with Gasteiger partial charge in [0.15, 0.2) is 0 Å². The Hall–Kier alpha value is -1.93. The van der Waals surface area contributed by atoms with E-state index in [1.54, 1.807) is 42.3 Å². The van der Waals surface area contributed by atoms with E-state index in [0.717, 1.165) is 18.5 Å². The van der Waals surface area contributed by atoms with Gasteiger partial charge in [-0.25, -0.2) is 9.67 Å². The summed E-state index contributed by atoms with van der Waals surface area (Å²) in [7, 11) is -1.93. The number of benzene rings is 1. The smallest absolute Gasteiger partial charge is 0.271 e. The van der Waals surface area contributed by atoms with Gasteiger partial charge in [-0.1, -0.05) is 13.3 Å². The highest BCUT2D eigenvalue weighted by molar-refractivity contribution is 7.90. The fourth-order valence-corrected chi connectivity index (χ4v) is 2.71. The van der Waals surface area contributed by atoms with Gasteiger partial charge in [-0.3, -0.25) is 4.72 Å². The predicted molar refractivity (Wildman–Crippen MR) is 81.4 cm³/mol. The molecule has 0 saturated carbocycles. The number of rotatable bonds is 7. The molecule has 0 radical (unpaired) electrons. The third-order valence-electron chi connectivity index (χ3n) is 3.03. The molecule has 7 nitrogen and oxygen atoms in total. The average Bonchev–Trinajstić information content (AvgIpc) is 2.99. The van der Waals surface area contributed by atoms with E-state index in [9.17, 15) is 8.42 Å². The molecule has 0 bridgehead atoms. The Labute approximate surface area is 124 Å². The monoisotopic (exact) mass is 309 g/mol. The van der Waals surface area contributed by atoms with Crippen LogP contribution in [0.1, 0.15) is 19.8 Å². The van der Waals surface area contributed by atoms with Crippen molar-refractivity contribution in [3.63, 3.8) is 0 Å². The Kier molecular flexibility index (Phi) is 4.92. The molecule has 0 fully saturated rings. The molecule has 2 aromatic rings. The minimum Gasteiger partial charge on any atom is -0.271 e. The largest absolute Gasteiger partial charge is 0.301 e. The number of unbranched alkanes of at least 4 members (excludes halogenated alkanes) is 1. The number of hydrogen-bond acceptors (Lipinski definition) is 4. The van der Waals surface area contributed by atoms with E-state index >= 15 is 0 Å². The SMILES string of the molecule is CCCCN(C)S(=O)(=O)Nc1ccc(-n2cncn2)cc1. The average molecular weight is 309 g/mol. The standard InChI is InChI=1S/C13H19N5O2S/c1-3-4-9-17(2)21(19,20)16-12-5-7-13(8-6-12)18-11-14-10-15-18/h5-8,10-11,16H,3-4,9H2,1-2H3. The van der Waals surface area contributed by atoms with E-state index in [2.05, 4.69) is 14.8 Å². The first-order valence-corrected chi connectivity index (χ1v) is 8.16. The zero-order valence-electron chi connectivity index (χ0n) is 12.1. The summed E-state index contributed by atoms with van der Waals surface area (Å²) < 4.78 is 29.7. The molecule has 0 saturated heterocycles. The predicted octanol–water partition coefficient (Wildman–Crippen LogP) is 1.66. The van der Waals surface area contributed by atoms with Crippen molar-refractivity contribution < 1.29 is 8.42 Å². The number of anilines is 1. The molecule has 0 spiro atoms. The zero-order chi connectivity index (χ0) is 15.3. The summed E-state index contributed by atoms with van der Waals surface area (Å²) in [5.41, 5.74) is 1.33. The van der Waals surface area contributed by atoms with E-state index in [0.29, 0.717) is 12.2 Å². The van der Waals surface area contributed by atoms with Gasteiger partial charge in [-0.05, 0) is 30.7 Å². The summed E-state index contributed by atoms with van der Waals surface area (Å²) in [6.45, 7) is 2.53. The first-order valence-electron chi connectivity index (χ1n) is 6.72. The van der Waals surface area contributed by atoms with Crippen LogP contribution in [0.4, 0.5) is 5.69 Å². The second-order valence-corrected chi connectivity index (χ2v) is 6.45. The van der Waals surface area contributed by atoms with Crippen LogP contribution in [-0.2, 0) is 10.2 Å². The second kappa shape index (κ2) is 6.68. The minimum absolute atomic E-state index is 0.503. The topological polar surface area (TPSA) is 80.1 Å². The fourth-order valence-electron chi connectivity index (χ4n) is 1.75. The van der Waals surface area contributed by atoms with Crippen LogP contribution < -0.4 is 4.72 Å². The molecule has 1 aromatic heterocycles. The number of hydrogen-bond donors (Lipinski definition) is 1. The highest BCUT2D eigenvalue weighted by Crippen LogP contribution is 2.14. The van der Waals surface area contributed by atoms with Crippen molar-refractivity contribution in [2.75, 3.05) is 18.3 Å². The van der Waals surface area contributed by atoms with Gasteiger partial charge in [0.25, 0.3) is 0 Å². The number of nitrogens with one attached hydrogen (secondary N) is 1. The molecule has 21 heavy (non-hydrogen) atoms. The lowest BCUT2D eigenvalue weighted by atomic mass is 10.3. The second-order valence-electron chi connectivity index (χ2n) is 4.67. The van der Waals surface area contributed by atoms with Gasteiger partial charge in [-0.2, -0.15) is 17.8 Å². The zero-order valence-corrected chi connectivity index (χ0v) is 12.9. The molecule has 1 heterocycles. The van der Waals surface area contributed by atoms with Gasteiger partial charge >= 0.3 is 10.2 Å². The lowest BCUT2D eigenvalue weighted by Crippen LogP contribution is -2.33. The highest BCUT2D eigenvalue weighted by Gasteiger charge is 2.16. The van der Waals surface area contributed by atoms with Crippen molar-refractivity contribution in [3.05, 3.63) is 36.9 Å². The molecule has 0 amide bonds. The molecule has 8 heteroatoms. The lowest BCUT2D eigenvalue weighted by Gasteiger charge is -2.18. The van der Waals surface area contributed by atoms with Crippen molar-refractivity contribution in [1.29, 1.82) is 0 Å². The highest BCUT2D eigenvalue weighted by atomic mass is 32.2. The summed E-state index contributed by atoms with van der Waals surface area (Å²) in [6.07, 6.45) is 4.81. The Balaban J connectivity index is 2.06. The summed E-state index contributed by atoms with van der Waals surface area (Å²) in [6, 6.07) is 6.95. The van der Waals surface area contributed by atoms with Crippen LogP contribution in [-0.4, -0.2) is 41.1 Å². The maximum Gasteiger partial charge on any atom is 0.301 e. The van der Waals surface area contributed by atoms with Gasteiger partial charge in [0.2, 0.25) is 0 Å². The molecule has 0 aliphatic rings. The third kappa shape index (κ3) is 4.02. The van der Waals surface area contributed by atoms with Crippen LogP contribution in [0, 0.1) is 0 Å². The van der Waals surface area contributed by atoms with Crippen LogP contribution in [0.2, 0.25) is 0 Å². The van der Waals surface area contributed by atoms with Crippen LogP contribution in [0.5, 0.6) is 0 Å². The molecular formula is C13H19N5O2S. The van der Waals surface area contributed by atoms with Gasteiger partial charge in [0, 0.05) is 19.3 Å². The first kappa shape index (κ1) is 15.5. The fraction of sp³-hybridized carbons (Fsp3) is 0.385. The van der Waals surface area contributed by atoms with Gasteiger partial charge in [0.1, 0.15) is 12.7 Å². The Morgan fingerprint density at radius 2 is 2.00 bits per heavy atom. The Morgan fingerprint density at radius 1 is 1.29 bits per heavy atom. The van der Waals surface area contributed by atoms with E-state index in [1.165, 1.54) is 10.6 Å². The van der Waals surface area contributed by atoms with Gasteiger partial charge in [0.05, 0.1) is 5.69 Å². The Bertz CT molecular complexity index is 652. The molecule has 0 aliphatic heterocycles. The number of aromatic nitrogens is 3. The summed E-state index contributed by atoms with van der Waals surface area (Å²) in [5.74, 6) is 0. The maximum absolute atomic E-state index is 12.1. The summed E-state index contributed by atoms with van der Waals surface area (Å²) in [5, 5.41) is 4.01. The molecule has 0 unspecified atom stereocenters. The first-order chi connectivity index (χ1) is 10.0. The molecule has 1 aromatic carbocycles. The molecule has 2 rings (SSSR count). The van der Waals surface area contributed by atoms with Crippen molar-refractivity contribution in [2.45, 2.75) is 19.8 Å². The molecule has 0 aliphatic carbocycles. The lowest BCUT2D eigenvalue weighted by molar-refractivity contribution is 0.463. The molecule has 114 valence electrons. The Morgan fingerprint density at radius 3 is 2.57 bits per heavy atom. The van der Waals surface area contributed by atoms with E-state index in [4.69, 9.17) is 0 Å². The number of nitrogens with zero attached hydrogens (tertiary/aromatic N) is 4. The van der Waals surface area contributed by atoms with E-state index in [-0.39, 0.29) is 0 Å². The van der Waals surface area contributed by atoms with Crippen molar-refractivity contribution in [3.8, 4) is 5.69 Å². The van der Waals surface area contributed by atoms with Gasteiger partial charge in [-0.15, -0.1) is 0 Å². The quantitative estimate of drug-likeness (QED) is 0.843. The van der Waals surface area contributed by atoms with E-state index < -0.39 is 10.2 Å². The summed E-state index contributed by atoms with van der Waals surface area (Å²) >= 11 is 0. The summed E-state index contributed by atoms with van der Waals surface area (Å²) in [4.78, 5) is 3.87. The van der Waals surface area contributed by atoms with Crippen molar-refractivity contribution in [2.24, 2.45) is 0 Å². The van der Waals surface area contributed by atoms with Crippen LogP contribution >= 0.6 is 0 Å². The van der Waals surface area contributed by atoms with Crippen molar-refractivity contribution in [1.82, 2.24) is 19.1 Å². The van der Waals surface area contributed by atoms with Gasteiger partial charge < -0.3 is 0 Å². The molecule has 0 atom stereocenters. The van der Waals surface area contributed by atoms with Crippen LogP contribution in [0.25, 0.3) is 5.69 Å². The van der Waals surface area contributed by atoms with Crippen LogP contribution in [0.15, 0.2) is 36.9 Å². The van der Waals surface area contributed by atoms with Crippen molar-refractivity contribution >= 4 is 15.9 Å². The molecular weight excluding hydrogens is 290 g/mol. The van der Waals surface area contributed by atoms with E-state index in [1.807, 2.05) is 6.92 Å². The molecule has 1 N–H and O–H groups in total. The van der Waals surface area contributed by atoms with Crippen LogP contribution in [0.3, 0.4) is 0 Å². The maximum atomic E-state index is 12.1. The third-order valence-corrected chi connectivity index (χ3v) is 4.53. The minimum atomic E-state index is -3.50.